The Morgan fingerprint density at radius 1 is 1.20 bits per heavy atom. The maximum Gasteiger partial charge on any atom is 0.269 e. The van der Waals surface area contributed by atoms with E-state index in [-0.39, 0.29) is 17.0 Å². The van der Waals surface area contributed by atoms with Crippen molar-refractivity contribution in [3.63, 3.8) is 0 Å². The fourth-order valence-corrected chi connectivity index (χ4v) is 2.07. The van der Waals surface area contributed by atoms with Crippen molar-refractivity contribution < 1.29 is 24.4 Å². The van der Waals surface area contributed by atoms with Crippen LogP contribution in [0.3, 0.4) is 0 Å². The zero-order valence-electron chi connectivity index (χ0n) is 13.3. The number of non-ortho nitro benzene ring substituents is 1. The van der Waals surface area contributed by atoms with Gasteiger partial charge in [-0.1, -0.05) is 6.08 Å². The summed E-state index contributed by atoms with van der Waals surface area (Å²) < 4.78 is 4.99. The van der Waals surface area contributed by atoms with Gasteiger partial charge >= 0.3 is 0 Å². The van der Waals surface area contributed by atoms with E-state index in [9.17, 15) is 24.8 Å². The molecule has 0 amide bonds. The number of hydrogen-bond donors (Lipinski definition) is 1. The number of carbonyl (C=O) groups is 2. The largest absolute Gasteiger partial charge is 0.507 e. The normalized spacial score (nSPS) is 10.6. The maximum absolute atomic E-state index is 12.1. The standard InChI is InChI=1S/C18H15NO6/c1-25-15-8-9-17(21)16(11-15)18(22)10-14(20)7-4-12-2-5-13(6-3-12)19(23)24/h2-9,11,21H,10H2,1H3. The zero-order valence-corrected chi connectivity index (χ0v) is 13.3. The lowest BCUT2D eigenvalue weighted by Gasteiger charge is -2.05. The van der Waals surface area contributed by atoms with E-state index in [1.807, 2.05) is 0 Å². The van der Waals surface area contributed by atoms with E-state index in [4.69, 9.17) is 4.74 Å². The fraction of sp³-hybridized carbons (Fsp3) is 0.111. The Hall–Kier alpha value is -3.48. The van der Waals surface area contributed by atoms with E-state index < -0.39 is 22.9 Å². The maximum atomic E-state index is 12.1. The highest BCUT2D eigenvalue weighted by Crippen LogP contribution is 2.24. The third-order valence-corrected chi connectivity index (χ3v) is 3.40. The van der Waals surface area contributed by atoms with Gasteiger partial charge in [-0.25, -0.2) is 0 Å². The van der Waals surface area contributed by atoms with Crippen LogP contribution in [0.15, 0.2) is 48.5 Å². The predicted octanol–water partition coefficient (Wildman–Crippen LogP) is 3.16. The molecule has 0 spiro atoms. The number of phenolic OH excluding ortho intramolecular Hbond substituents is 1. The van der Waals surface area contributed by atoms with Crippen LogP contribution in [0.5, 0.6) is 11.5 Å². The number of nitrogens with zero attached hydrogens (tertiary/aromatic N) is 1. The highest BCUT2D eigenvalue weighted by molar-refractivity contribution is 6.13. The van der Waals surface area contributed by atoms with Crippen LogP contribution in [0.25, 0.3) is 6.08 Å². The van der Waals surface area contributed by atoms with Gasteiger partial charge in [-0.15, -0.1) is 0 Å². The Labute approximate surface area is 143 Å². The lowest BCUT2D eigenvalue weighted by molar-refractivity contribution is -0.384. The van der Waals surface area contributed by atoms with E-state index in [1.54, 1.807) is 0 Å². The summed E-state index contributed by atoms with van der Waals surface area (Å²) in [4.78, 5) is 34.1. The van der Waals surface area contributed by atoms with Crippen LogP contribution in [0.2, 0.25) is 0 Å². The van der Waals surface area contributed by atoms with Crippen molar-refractivity contribution in [2.24, 2.45) is 0 Å². The fourth-order valence-electron chi connectivity index (χ4n) is 2.07. The molecule has 0 saturated heterocycles. The lowest BCUT2D eigenvalue weighted by Crippen LogP contribution is -2.06. The number of aromatic hydroxyl groups is 1. The molecule has 0 aliphatic heterocycles. The number of ether oxygens (including phenoxy) is 1. The molecule has 2 rings (SSSR count). The first-order valence-electron chi connectivity index (χ1n) is 7.26. The number of benzene rings is 2. The van der Waals surface area contributed by atoms with E-state index in [2.05, 4.69) is 0 Å². The number of methoxy groups -OCH3 is 1. The van der Waals surface area contributed by atoms with E-state index in [1.165, 1.54) is 61.7 Å². The van der Waals surface area contributed by atoms with Crippen molar-refractivity contribution in [3.05, 3.63) is 69.8 Å². The first-order valence-corrected chi connectivity index (χ1v) is 7.26. The SMILES string of the molecule is COc1ccc(O)c(C(=O)CC(=O)C=Cc2ccc([N+](=O)[O-])cc2)c1. The number of allylic oxidation sites excluding steroid dienone is 1. The number of Topliss-reactive ketones (excluding diaryl/α,β-unsaturated/α-hetero) is 1. The summed E-state index contributed by atoms with van der Waals surface area (Å²) in [5, 5.41) is 20.3. The summed E-state index contributed by atoms with van der Waals surface area (Å²) in [5.41, 5.74) is 0.555. The number of nitro benzene ring substituents is 1. The van der Waals surface area contributed by atoms with Gasteiger partial charge in [0, 0.05) is 12.1 Å². The number of nitro groups is 1. The number of phenols is 1. The number of rotatable bonds is 7. The van der Waals surface area contributed by atoms with Gasteiger partial charge in [-0.2, -0.15) is 0 Å². The molecule has 0 unspecified atom stereocenters. The van der Waals surface area contributed by atoms with Gasteiger partial charge in [0.2, 0.25) is 0 Å². The third kappa shape index (κ3) is 4.74. The first kappa shape index (κ1) is 17.9. The van der Waals surface area contributed by atoms with Crippen LogP contribution >= 0.6 is 0 Å². The van der Waals surface area contributed by atoms with Gasteiger partial charge in [0.25, 0.3) is 5.69 Å². The van der Waals surface area contributed by atoms with Crippen LogP contribution in [0.1, 0.15) is 22.3 Å². The van der Waals surface area contributed by atoms with Crippen molar-refractivity contribution in [3.8, 4) is 11.5 Å². The molecule has 1 N–H and O–H groups in total. The summed E-state index contributed by atoms with van der Waals surface area (Å²) in [5.74, 6) is -0.812. The molecule has 0 aliphatic rings. The van der Waals surface area contributed by atoms with E-state index in [0.29, 0.717) is 11.3 Å². The molecule has 0 heterocycles. The van der Waals surface area contributed by atoms with Gasteiger partial charge in [-0.3, -0.25) is 19.7 Å². The Kier molecular flexibility index (Phi) is 5.62. The summed E-state index contributed by atoms with van der Waals surface area (Å²) in [7, 11) is 1.43. The minimum absolute atomic E-state index is 0.0106. The van der Waals surface area contributed by atoms with Crippen molar-refractivity contribution in [2.75, 3.05) is 7.11 Å². The third-order valence-electron chi connectivity index (χ3n) is 3.40. The predicted molar refractivity (Wildman–Crippen MR) is 90.7 cm³/mol. The molecule has 0 aromatic heterocycles. The molecule has 7 heteroatoms. The molecule has 0 radical (unpaired) electrons. The molecule has 2 aromatic rings. The topological polar surface area (TPSA) is 107 Å². The summed E-state index contributed by atoms with van der Waals surface area (Å²) in [6.45, 7) is 0. The quantitative estimate of drug-likeness (QED) is 0.272. The second kappa shape index (κ2) is 7.87. The van der Waals surface area contributed by atoms with Crippen molar-refractivity contribution in [2.45, 2.75) is 6.42 Å². The Balaban J connectivity index is 2.04. The molecule has 25 heavy (non-hydrogen) atoms. The number of carbonyl (C=O) groups excluding carboxylic acids is 2. The molecule has 0 aliphatic carbocycles. The molecule has 2 aromatic carbocycles. The van der Waals surface area contributed by atoms with Crippen molar-refractivity contribution in [1.29, 1.82) is 0 Å². The molecule has 128 valence electrons. The van der Waals surface area contributed by atoms with E-state index in [0.717, 1.165) is 0 Å². The Bertz CT molecular complexity index is 839. The highest BCUT2D eigenvalue weighted by Gasteiger charge is 2.15. The monoisotopic (exact) mass is 341 g/mol. The average Bonchev–Trinajstić information content (AvgIpc) is 2.60. The summed E-state index contributed by atoms with van der Waals surface area (Å²) in [6, 6.07) is 9.83. The molecule has 0 bridgehead atoms. The van der Waals surface area contributed by atoms with Crippen LogP contribution in [-0.2, 0) is 4.79 Å². The average molecular weight is 341 g/mol. The van der Waals surface area contributed by atoms with Crippen molar-refractivity contribution in [1.82, 2.24) is 0 Å². The van der Waals surface area contributed by atoms with Gasteiger partial charge in [0.1, 0.15) is 11.5 Å². The summed E-state index contributed by atoms with van der Waals surface area (Å²) >= 11 is 0. The van der Waals surface area contributed by atoms with Crippen LogP contribution < -0.4 is 4.74 Å². The van der Waals surface area contributed by atoms with Gasteiger partial charge < -0.3 is 9.84 Å². The first-order chi connectivity index (χ1) is 11.9. The second-order valence-corrected chi connectivity index (χ2v) is 5.13. The smallest absolute Gasteiger partial charge is 0.269 e. The van der Waals surface area contributed by atoms with Crippen LogP contribution in [-0.4, -0.2) is 28.7 Å². The molecular formula is C18H15NO6. The van der Waals surface area contributed by atoms with Gasteiger partial charge in [-0.05, 0) is 42.0 Å². The highest BCUT2D eigenvalue weighted by atomic mass is 16.6. The second-order valence-electron chi connectivity index (χ2n) is 5.13. The van der Waals surface area contributed by atoms with Gasteiger partial charge in [0.05, 0.1) is 24.0 Å². The minimum Gasteiger partial charge on any atom is -0.507 e. The molecular weight excluding hydrogens is 326 g/mol. The molecule has 0 fully saturated rings. The molecule has 0 atom stereocenters. The zero-order chi connectivity index (χ0) is 18.4. The van der Waals surface area contributed by atoms with Gasteiger partial charge in [0.15, 0.2) is 11.6 Å². The lowest BCUT2D eigenvalue weighted by atomic mass is 10.0. The minimum atomic E-state index is -0.533. The molecule has 0 saturated carbocycles. The van der Waals surface area contributed by atoms with Crippen LogP contribution in [0.4, 0.5) is 5.69 Å². The summed E-state index contributed by atoms with van der Waals surface area (Å²) in [6.07, 6.45) is 2.27. The Morgan fingerprint density at radius 3 is 2.48 bits per heavy atom. The number of ketones is 2. The number of hydrogen-bond acceptors (Lipinski definition) is 6. The van der Waals surface area contributed by atoms with Crippen LogP contribution in [0, 0.1) is 10.1 Å². The Morgan fingerprint density at radius 2 is 1.88 bits per heavy atom. The molecule has 7 nitrogen and oxygen atoms in total. The van der Waals surface area contributed by atoms with E-state index >= 15 is 0 Å². The van der Waals surface area contributed by atoms with Crippen molar-refractivity contribution >= 4 is 23.3 Å².